The minimum atomic E-state index is -0.213. The van der Waals surface area contributed by atoms with E-state index < -0.39 is 0 Å². The third-order valence-electron chi connectivity index (χ3n) is 5.03. The number of fused-ring (bicyclic) bond motifs is 1. The molecule has 0 unspecified atom stereocenters. The first-order valence-electron chi connectivity index (χ1n) is 10.0. The molecule has 3 rings (SSSR count). The van der Waals surface area contributed by atoms with E-state index in [9.17, 15) is 5.11 Å². The zero-order valence-electron chi connectivity index (χ0n) is 19.0. The van der Waals surface area contributed by atoms with Crippen LogP contribution in [0.3, 0.4) is 0 Å². The maximum absolute atomic E-state index is 11.9. The summed E-state index contributed by atoms with van der Waals surface area (Å²) in [5.41, 5.74) is 4.34. The maximum atomic E-state index is 11.9. The van der Waals surface area contributed by atoms with E-state index in [1.165, 1.54) is 21.9 Å². The van der Waals surface area contributed by atoms with Gasteiger partial charge < -0.3 is 5.11 Å². The molecular formula is C26H33ClOZr. The summed E-state index contributed by atoms with van der Waals surface area (Å²) in [5, 5.41) is 15.3. The molecule has 0 fully saturated rings. The van der Waals surface area contributed by atoms with E-state index in [0.29, 0.717) is 5.02 Å². The van der Waals surface area contributed by atoms with Crippen molar-refractivity contribution in [1.82, 2.24) is 0 Å². The minimum Gasteiger partial charge on any atom is -0.872 e. The van der Waals surface area contributed by atoms with Crippen LogP contribution in [0, 0.1) is 6.92 Å². The van der Waals surface area contributed by atoms with E-state index in [-0.39, 0.29) is 42.8 Å². The van der Waals surface area contributed by atoms with E-state index in [4.69, 9.17) is 11.6 Å². The Labute approximate surface area is 201 Å². The fraction of sp³-hybridized carbons (Fsp3) is 0.423. The van der Waals surface area contributed by atoms with Gasteiger partial charge in [-0.15, -0.1) is 40.3 Å². The Morgan fingerprint density at radius 2 is 1.59 bits per heavy atom. The Bertz CT molecular complexity index is 955. The molecule has 0 heterocycles. The second-order valence-corrected chi connectivity index (χ2v) is 9.98. The van der Waals surface area contributed by atoms with Crippen LogP contribution in [0.4, 0.5) is 0 Å². The smallest absolute Gasteiger partial charge is 0.872 e. The van der Waals surface area contributed by atoms with E-state index in [1.54, 1.807) is 6.07 Å². The Morgan fingerprint density at radius 3 is 2.10 bits per heavy atom. The van der Waals surface area contributed by atoms with Crippen molar-refractivity contribution >= 4 is 22.4 Å². The Kier molecular flexibility index (Phi) is 8.88. The number of hydrogen-bond acceptors (Lipinski definition) is 1. The summed E-state index contributed by atoms with van der Waals surface area (Å²) >= 11 is 6.38. The first-order chi connectivity index (χ1) is 12.9. The molecule has 154 valence electrons. The number of halogens is 1. The van der Waals surface area contributed by atoms with Crippen LogP contribution >= 0.6 is 11.6 Å². The van der Waals surface area contributed by atoms with Gasteiger partial charge >= 0.3 is 26.2 Å². The average molecular weight is 488 g/mol. The topological polar surface area (TPSA) is 23.1 Å². The molecule has 1 nitrogen and oxygen atoms in total. The molecule has 0 N–H and O–H groups in total. The third kappa shape index (κ3) is 6.25. The van der Waals surface area contributed by atoms with Gasteiger partial charge in [-0.05, 0) is 28.4 Å². The third-order valence-corrected chi connectivity index (χ3v) is 5.42. The Balaban J connectivity index is 0.000000289. The van der Waals surface area contributed by atoms with Gasteiger partial charge in [-0.1, -0.05) is 90.8 Å². The van der Waals surface area contributed by atoms with Crippen molar-refractivity contribution in [3.8, 4) is 5.75 Å². The molecule has 0 aliphatic rings. The van der Waals surface area contributed by atoms with Crippen LogP contribution in [0.25, 0.3) is 10.8 Å². The zero-order chi connectivity index (χ0) is 21.3. The normalized spacial score (nSPS) is 11.6. The van der Waals surface area contributed by atoms with Gasteiger partial charge in [0.1, 0.15) is 0 Å². The SMILES string of the molecule is CC(C)(C)c1ccc([O-])c(C(C)(C)C)c1Cl.CCc1cccc2[cH-]c(C)cc12.[Zr+2]. The summed E-state index contributed by atoms with van der Waals surface area (Å²) in [5.74, 6) is 0.0329. The van der Waals surface area contributed by atoms with Crippen LogP contribution in [0.1, 0.15) is 70.7 Å². The van der Waals surface area contributed by atoms with Crippen molar-refractivity contribution in [2.45, 2.75) is 72.6 Å². The molecule has 0 aromatic heterocycles. The molecule has 29 heavy (non-hydrogen) atoms. The average Bonchev–Trinajstić information content (AvgIpc) is 2.93. The van der Waals surface area contributed by atoms with Gasteiger partial charge in [-0.3, -0.25) is 0 Å². The monoisotopic (exact) mass is 486 g/mol. The summed E-state index contributed by atoms with van der Waals surface area (Å²) in [6.07, 6.45) is 1.13. The summed E-state index contributed by atoms with van der Waals surface area (Å²) in [6, 6.07) is 14.5. The minimum absolute atomic E-state index is 0. The van der Waals surface area contributed by atoms with Crippen molar-refractivity contribution in [1.29, 1.82) is 0 Å². The van der Waals surface area contributed by atoms with Crippen LogP contribution < -0.4 is 5.11 Å². The molecule has 0 saturated carbocycles. The summed E-state index contributed by atoms with van der Waals surface area (Å²) in [7, 11) is 0. The fourth-order valence-electron chi connectivity index (χ4n) is 3.59. The van der Waals surface area contributed by atoms with E-state index in [2.05, 4.69) is 65.0 Å². The van der Waals surface area contributed by atoms with Crippen molar-refractivity contribution in [3.63, 3.8) is 0 Å². The second-order valence-electron chi connectivity index (χ2n) is 9.61. The molecule has 0 atom stereocenters. The van der Waals surface area contributed by atoms with Crippen molar-refractivity contribution < 1.29 is 31.3 Å². The molecule has 3 aromatic carbocycles. The first-order valence-corrected chi connectivity index (χ1v) is 10.4. The fourth-order valence-corrected chi connectivity index (χ4v) is 4.32. The molecule has 0 bridgehead atoms. The van der Waals surface area contributed by atoms with Crippen LogP contribution in [0.15, 0.2) is 42.5 Å². The zero-order valence-corrected chi connectivity index (χ0v) is 22.2. The molecule has 3 aromatic rings. The molecule has 0 saturated heterocycles. The molecule has 0 spiro atoms. The molecule has 0 radical (unpaired) electrons. The predicted octanol–water partition coefficient (Wildman–Crippen LogP) is 7.44. The Hall–Kier alpha value is -0.977. The maximum Gasteiger partial charge on any atom is 2.00 e. The van der Waals surface area contributed by atoms with Gasteiger partial charge in [0.05, 0.1) is 0 Å². The summed E-state index contributed by atoms with van der Waals surface area (Å²) < 4.78 is 0. The standard InChI is InChI=1S/C14H21ClO.C12H13.Zr/c1-13(2,3)9-7-8-10(16)11(12(9)15)14(4,5)6;1-3-10-5-4-6-11-7-9(2)8-12(10)11;/h7-8,16H,1-6H3;4-8H,3H2,1-2H3;/q;-1;+2/p-1. The van der Waals surface area contributed by atoms with E-state index in [0.717, 1.165) is 17.5 Å². The van der Waals surface area contributed by atoms with Gasteiger partial charge in [0.15, 0.2) is 0 Å². The van der Waals surface area contributed by atoms with E-state index in [1.807, 2.05) is 26.8 Å². The largest absolute Gasteiger partial charge is 2.00 e. The van der Waals surface area contributed by atoms with Gasteiger partial charge in [-0.2, -0.15) is 6.07 Å². The number of benzene rings is 2. The van der Waals surface area contributed by atoms with E-state index >= 15 is 0 Å². The summed E-state index contributed by atoms with van der Waals surface area (Å²) in [4.78, 5) is 0. The quantitative estimate of drug-likeness (QED) is 0.327. The number of aryl methyl sites for hydroxylation is 2. The van der Waals surface area contributed by atoms with Gasteiger partial charge in [0, 0.05) is 5.02 Å². The van der Waals surface area contributed by atoms with Crippen molar-refractivity contribution in [2.75, 3.05) is 0 Å². The van der Waals surface area contributed by atoms with Crippen LogP contribution in [0.5, 0.6) is 5.75 Å². The molecule has 0 aliphatic heterocycles. The Morgan fingerprint density at radius 1 is 0.966 bits per heavy atom. The van der Waals surface area contributed by atoms with Crippen molar-refractivity contribution in [2.24, 2.45) is 0 Å². The first kappa shape index (κ1) is 26.1. The molecule has 3 heteroatoms. The van der Waals surface area contributed by atoms with Crippen LogP contribution in [0.2, 0.25) is 5.02 Å². The summed E-state index contributed by atoms with van der Waals surface area (Å²) in [6.45, 7) is 16.7. The van der Waals surface area contributed by atoms with Crippen LogP contribution in [-0.2, 0) is 43.5 Å². The molecule has 0 amide bonds. The molecule has 0 aliphatic carbocycles. The van der Waals surface area contributed by atoms with Gasteiger partial charge in [-0.25, -0.2) is 0 Å². The second kappa shape index (κ2) is 9.89. The predicted molar refractivity (Wildman–Crippen MR) is 122 cm³/mol. The number of rotatable bonds is 1. The van der Waals surface area contributed by atoms with Gasteiger partial charge in [0.2, 0.25) is 0 Å². The number of hydrogen-bond donors (Lipinski definition) is 0. The van der Waals surface area contributed by atoms with Crippen LogP contribution in [-0.4, -0.2) is 0 Å². The van der Waals surface area contributed by atoms with Crippen molar-refractivity contribution in [3.05, 3.63) is 69.7 Å². The van der Waals surface area contributed by atoms with Gasteiger partial charge in [0.25, 0.3) is 0 Å². The molecular weight excluding hydrogens is 455 g/mol.